The van der Waals surface area contributed by atoms with Crippen LogP contribution < -0.4 is 0 Å². The minimum atomic E-state index is -0.687. The lowest BCUT2D eigenvalue weighted by Gasteiger charge is -2.27. The normalized spacial score (nSPS) is 16.5. The summed E-state index contributed by atoms with van der Waals surface area (Å²) >= 11 is 0. The Balaban J connectivity index is 1.73. The molecule has 0 spiro atoms. The minimum Gasteiger partial charge on any atom is -0.503 e. The van der Waals surface area contributed by atoms with Gasteiger partial charge in [-0.05, 0) is 47.6 Å². The number of carbonyl (C=O) groups excluding carboxylic acids is 2. The summed E-state index contributed by atoms with van der Waals surface area (Å²) in [5.41, 5.74) is 3.03. The van der Waals surface area contributed by atoms with E-state index in [-0.39, 0.29) is 16.7 Å². The fraction of sp³-hybridized carbons (Fsp3) is 0.286. The molecule has 1 N–H and O–H groups in total. The maximum atomic E-state index is 13.4. The first-order chi connectivity index (χ1) is 15.7. The lowest BCUT2D eigenvalue weighted by atomic mass is 9.85. The summed E-state index contributed by atoms with van der Waals surface area (Å²) in [4.78, 5) is 28.1. The van der Waals surface area contributed by atoms with Crippen LogP contribution >= 0.6 is 0 Å². The van der Waals surface area contributed by atoms with Crippen molar-refractivity contribution < 1.29 is 19.1 Å². The van der Waals surface area contributed by atoms with Crippen LogP contribution in [0, 0.1) is 6.92 Å². The molecule has 4 rings (SSSR count). The quantitative estimate of drug-likeness (QED) is 0.496. The van der Waals surface area contributed by atoms with Crippen LogP contribution in [0.25, 0.3) is 0 Å². The highest BCUT2D eigenvalue weighted by molar-refractivity contribution is 6.15. The van der Waals surface area contributed by atoms with E-state index in [2.05, 4.69) is 20.8 Å². The Morgan fingerprint density at radius 3 is 2.24 bits per heavy atom. The smallest absolute Gasteiger partial charge is 0.290 e. The van der Waals surface area contributed by atoms with E-state index in [1.807, 2.05) is 54.6 Å². The molecule has 0 radical (unpaired) electrons. The standard InChI is InChI=1S/C28H29NO4/c1-18-10-15-22(33-18)25(30)23-24(20-11-13-21(14-12-20)28(2,3)4)29(27(32)26(23)31)17-16-19-8-6-5-7-9-19/h5-15,24,31H,16-17H2,1-4H3. The fourth-order valence-corrected chi connectivity index (χ4v) is 4.21. The van der Waals surface area contributed by atoms with Gasteiger partial charge < -0.3 is 14.4 Å². The van der Waals surface area contributed by atoms with E-state index < -0.39 is 23.5 Å². The number of hydrogen-bond acceptors (Lipinski definition) is 4. The molecule has 1 aliphatic heterocycles. The number of aryl methyl sites for hydroxylation is 1. The van der Waals surface area contributed by atoms with Gasteiger partial charge in [-0.25, -0.2) is 0 Å². The number of Topliss-reactive ketones (excluding diaryl/α,β-unsaturated/α-hetero) is 1. The van der Waals surface area contributed by atoms with E-state index in [1.165, 1.54) is 0 Å². The second-order valence-corrected chi connectivity index (χ2v) is 9.51. The van der Waals surface area contributed by atoms with Crippen LogP contribution in [0.3, 0.4) is 0 Å². The zero-order valence-corrected chi connectivity index (χ0v) is 19.5. The van der Waals surface area contributed by atoms with Crippen LogP contribution in [0.15, 0.2) is 82.5 Å². The lowest BCUT2D eigenvalue weighted by Crippen LogP contribution is -2.33. The lowest BCUT2D eigenvalue weighted by molar-refractivity contribution is -0.129. The maximum absolute atomic E-state index is 13.4. The molecule has 1 aromatic heterocycles. The van der Waals surface area contributed by atoms with Crippen molar-refractivity contribution in [3.63, 3.8) is 0 Å². The molecule has 0 saturated carbocycles. The van der Waals surface area contributed by atoms with E-state index >= 15 is 0 Å². The molecule has 5 nitrogen and oxygen atoms in total. The van der Waals surface area contributed by atoms with E-state index in [0.717, 1.165) is 16.7 Å². The zero-order chi connectivity index (χ0) is 23.8. The van der Waals surface area contributed by atoms with Gasteiger partial charge in [0.2, 0.25) is 5.78 Å². The molecule has 1 atom stereocenters. The van der Waals surface area contributed by atoms with Crippen molar-refractivity contribution in [1.82, 2.24) is 4.90 Å². The summed E-state index contributed by atoms with van der Waals surface area (Å²) in [5.74, 6) is -0.812. The zero-order valence-electron chi connectivity index (χ0n) is 19.5. The minimum absolute atomic E-state index is 0.0284. The Kier molecular flexibility index (Phi) is 5.98. The number of benzene rings is 2. The molecular formula is C28H29NO4. The molecule has 33 heavy (non-hydrogen) atoms. The second kappa shape index (κ2) is 8.74. The van der Waals surface area contributed by atoms with E-state index in [0.29, 0.717) is 18.7 Å². The number of rotatable bonds is 6. The summed E-state index contributed by atoms with van der Waals surface area (Å²) in [7, 11) is 0. The molecule has 0 bridgehead atoms. The second-order valence-electron chi connectivity index (χ2n) is 9.51. The summed E-state index contributed by atoms with van der Waals surface area (Å²) in [6.07, 6.45) is 0.609. The highest BCUT2D eigenvalue weighted by atomic mass is 16.3. The summed E-state index contributed by atoms with van der Waals surface area (Å²) in [6, 6.07) is 20.3. The van der Waals surface area contributed by atoms with Crippen LogP contribution in [-0.4, -0.2) is 28.2 Å². The first-order valence-corrected chi connectivity index (χ1v) is 11.2. The number of carbonyl (C=O) groups is 2. The van der Waals surface area contributed by atoms with Crippen LogP contribution in [-0.2, 0) is 16.6 Å². The van der Waals surface area contributed by atoms with Crippen molar-refractivity contribution >= 4 is 11.7 Å². The Labute approximate surface area is 194 Å². The predicted octanol–water partition coefficient (Wildman–Crippen LogP) is 5.71. The van der Waals surface area contributed by atoms with Crippen LogP contribution in [0.2, 0.25) is 0 Å². The molecule has 1 unspecified atom stereocenters. The summed E-state index contributed by atoms with van der Waals surface area (Å²) in [5, 5.41) is 10.8. The van der Waals surface area contributed by atoms with Gasteiger partial charge >= 0.3 is 0 Å². The van der Waals surface area contributed by atoms with Crippen molar-refractivity contribution in [3.8, 4) is 0 Å². The molecule has 5 heteroatoms. The maximum Gasteiger partial charge on any atom is 0.290 e. The molecule has 2 heterocycles. The van der Waals surface area contributed by atoms with E-state index in [4.69, 9.17) is 4.42 Å². The van der Waals surface area contributed by atoms with Crippen molar-refractivity contribution in [3.05, 3.63) is 106 Å². The number of ketones is 1. The Hall–Kier alpha value is -3.60. The molecule has 0 aliphatic carbocycles. The van der Waals surface area contributed by atoms with Gasteiger partial charge in [-0.2, -0.15) is 0 Å². The molecular weight excluding hydrogens is 414 g/mol. The number of nitrogens with zero attached hydrogens (tertiary/aromatic N) is 1. The van der Waals surface area contributed by atoms with Gasteiger partial charge in [0.05, 0.1) is 11.6 Å². The average Bonchev–Trinajstić information content (AvgIpc) is 3.33. The largest absolute Gasteiger partial charge is 0.503 e. The summed E-state index contributed by atoms with van der Waals surface area (Å²) < 4.78 is 5.53. The molecule has 170 valence electrons. The third kappa shape index (κ3) is 4.49. The van der Waals surface area contributed by atoms with Crippen LogP contribution in [0.4, 0.5) is 0 Å². The molecule has 3 aromatic rings. The Morgan fingerprint density at radius 1 is 1.00 bits per heavy atom. The monoisotopic (exact) mass is 443 g/mol. The average molecular weight is 444 g/mol. The third-order valence-electron chi connectivity index (χ3n) is 6.09. The Bertz CT molecular complexity index is 1200. The predicted molar refractivity (Wildman–Crippen MR) is 127 cm³/mol. The van der Waals surface area contributed by atoms with Gasteiger partial charge in [-0.3, -0.25) is 9.59 Å². The highest BCUT2D eigenvalue weighted by Gasteiger charge is 2.44. The SMILES string of the molecule is Cc1ccc(C(=O)C2=C(O)C(=O)N(CCc3ccccc3)C2c2ccc(C(C)(C)C)cc2)o1. The molecule has 0 saturated heterocycles. The van der Waals surface area contributed by atoms with Crippen LogP contribution in [0.1, 0.15) is 59.8 Å². The van der Waals surface area contributed by atoms with Crippen molar-refractivity contribution in [1.29, 1.82) is 0 Å². The molecule has 0 fully saturated rings. The number of aliphatic hydroxyl groups excluding tert-OH is 1. The highest BCUT2D eigenvalue weighted by Crippen LogP contribution is 2.39. The van der Waals surface area contributed by atoms with Gasteiger partial charge in [0.25, 0.3) is 5.91 Å². The van der Waals surface area contributed by atoms with E-state index in [9.17, 15) is 14.7 Å². The number of aliphatic hydroxyl groups is 1. The number of furan rings is 1. The van der Waals surface area contributed by atoms with Gasteiger partial charge in [-0.15, -0.1) is 0 Å². The first kappa shape index (κ1) is 22.6. The van der Waals surface area contributed by atoms with E-state index in [1.54, 1.807) is 24.0 Å². The van der Waals surface area contributed by atoms with Gasteiger partial charge in [0.1, 0.15) is 5.76 Å². The van der Waals surface area contributed by atoms with Crippen molar-refractivity contribution in [2.24, 2.45) is 0 Å². The molecule has 1 amide bonds. The number of hydrogen-bond donors (Lipinski definition) is 1. The fourth-order valence-electron chi connectivity index (χ4n) is 4.21. The van der Waals surface area contributed by atoms with Crippen molar-refractivity contribution in [2.45, 2.75) is 45.6 Å². The third-order valence-corrected chi connectivity index (χ3v) is 6.09. The number of amides is 1. The van der Waals surface area contributed by atoms with Gasteiger partial charge in [0, 0.05) is 6.54 Å². The van der Waals surface area contributed by atoms with Gasteiger partial charge in [0.15, 0.2) is 11.5 Å². The summed E-state index contributed by atoms with van der Waals surface area (Å²) in [6.45, 7) is 8.51. The Morgan fingerprint density at radius 2 is 1.67 bits per heavy atom. The van der Waals surface area contributed by atoms with Crippen molar-refractivity contribution in [2.75, 3.05) is 6.54 Å². The first-order valence-electron chi connectivity index (χ1n) is 11.2. The topological polar surface area (TPSA) is 70.8 Å². The van der Waals surface area contributed by atoms with Crippen LogP contribution in [0.5, 0.6) is 0 Å². The molecule has 1 aliphatic rings. The molecule has 2 aromatic carbocycles. The van der Waals surface area contributed by atoms with Gasteiger partial charge in [-0.1, -0.05) is 75.4 Å².